The molecule has 1 aliphatic heterocycles. The van der Waals surface area contributed by atoms with Crippen molar-refractivity contribution in [3.8, 4) is 5.75 Å². The first-order valence-electron chi connectivity index (χ1n) is 9.06. The van der Waals surface area contributed by atoms with Crippen molar-refractivity contribution in [2.24, 2.45) is 0 Å². The molecule has 1 aliphatic rings. The van der Waals surface area contributed by atoms with Gasteiger partial charge in [-0.05, 0) is 48.1 Å². The molecule has 0 aromatic heterocycles. The smallest absolute Gasteiger partial charge is 0.255 e. The zero-order chi connectivity index (χ0) is 17.6. The zero-order valence-corrected chi connectivity index (χ0v) is 14.8. The molecule has 132 valence electrons. The van der Waals surface area contributed by atoms with Crippen molar-refractivity contribution < 1.29 is 9.90 Å². The predicted octanol–water partition coefficient (Wildman–Crippen LogP) is 3.13. The number of phenolic OH excluding ortho intramolecular Hbond substituents is 1. The van der Waals surface area contributed by atoms with Crippen LogP contribution in [0.25, 0.3) is 0 Å². The van der Waals surface area contributed by atoms with E-state index >= 15 is 0 Å². The second-order valence-corrected chi connectivity index (χ2v) is 6.61. The largest absolute Gasteiger partial charge is 0.507 e. The number of hydrogen-bond acceptors (Lipinski definition) is 3. The van der Waals surface area contributed by atoms with Crippen LogP contribution < -0.4 is 5.32 Å². The molecular weight excluding hydrogens is 312 g/mol. The average Bonchev–Trinajstić information content (AvgIpc) is 2.65. The molecule has 0 spiro atoms. The zero-order valence-electron chi connectivity index (χ0n) is 14.8. The molecular formula is C21H26N2O2. The maximum absolute atomic E-state index is 12.3. The number of phenols is 1. The summed E-state index contributed by atoms with van der Waals surface area (Å²) in [5, 5.41) is 12.8. The number of nitrogens with one attached hydrogen (secondary N) is 1. The van der Waals surface area contributed by atoms with E-state index in [1.807, 2.05) is 13.0 Å². The van der Waals surface area contributed by atoms with Gasteiger partial charge < -0.3 is 10.4 Å². The van der Waals surface area contributed by atoms with Gasteiger partial charge in [0.1, 0.15) is 5.75 Å². The molecule has 0 fully saturated rings. The van der Waals surface area contributed by atoms with Crippen LogP contribution in [0.3, 0.4) is 0 Å². The second-order valence-electron chi connectivity index (χ2n) is 6.61. The van der Waals surface area contributed by atoms with Crippen molar-refractivity contribution in [3.05, 3.63) is 64.7 Å². The van der Waals surface area contributed by atoms with Gasteiger partial charge >= 0.3 is 0 Å². The van der Waals surface area contributed by atoms with Crippen molar-refractivity contribution in [3.63, 3.8) is 0 Å². The first-order valence-corrected chi connectivity index (χ1v) is 9.06. The number of amides is 1. The number of benzene rings is 2. The number of hydrogen-bond donors (Lipinski definition) is 2. The Hall–Kier alpha value is -2.33. The summed E-state index contributed by atoms with van der Waals surface area (Å²) in [6, 6.07) is 13.8. The molecule has 0 aliphatic carbocycles. The summed E-state index contributed by atoms with van der Waals surface area (Å²) in [5.41, 5.74) is 4.29. The minimum Gasteiger partial charge on any atom is -0.507 e. The lowest BCUT2D eigenvalue weighted by molar-refractivity contribution is 0.0948. The summed E-state index contributed by atoms with van der Waals surface area (Å²) >= 11 is 0. The van der Waals surface area contributed by atoms with Crippen LogP contribution in [0.2, 0.25) is 0 Å². The van der Waals surface area contributed by atoms with E-state index in [9.17, 15) is 9.90 Å². The normalized spacial score (nSPS) is 14.1. The van der Waals surface area contributed by atoms with Gasteiger partial charge in [-0.2, -0.15) is 0 Å². The standard InChI is InChI=1S/C21H26N2O2/c1-2-16-8-9-20(24)19(14-16)21(25)22-11-5-12-23-13-10-17-6-3-4-7-18(17)15-23/h3-4,6-9,14,24H,2,5,10-13,15H2,1H3,(H,22,25). The fraction of sp³-hybridized carbons (Fsp3) is 0.381. The van der Waals surface area contributed by atoms with Gasteiger partial charge in [0.25, 0.3) is 5.91 Å². The molecule has 4 heteroatoms. The van der Waals surface area contributed by atoms with Crippen LogP contribution in [0.4, 0.5) is 0 Å². The van der Waals surface area contributed by atoms with Crippen molar-refractivity contribution in [2.75, 3.05) is 19.6 Å². The SMILES string of the molecule is CCc1ccc(O)c(C(=O)NCCCN2CCc3ccccc3C2)c1. The van der Waals surface area contributed by atoms with Crippen molar-refractivity contribution in [1.82, 2.24) is 10.2 Å². The summed E-state index contributed by atoms with van der Waals surface area (Å²) < 4.78 is 0. The summed E-state index contributed by atoms with van der Waals surface area (Å²) in [6.45, 7) is 5.68. The van der Waals surface area contributed by atoms with E-state index in [-0.39, 0.29) is 11.7 Å². The molecule has 2 aromatic carbocycles. The minimum absolute atomic E-state index is 0.0438. The first kappa shape index (κ1) is 17.5. The molecule has 2 N–H and O–H groups in total. The molecule has 0 bridgehead atoms. The quantitative estimate of drug-likeness (QED) is 0.796. The monoisotopic (exact) mass is 338 g/mol. The molecule has 3 rings (SSSR count). The van der Waals surface area contributed by atoms with Crippen LogP contribution in [0.5, 0.6) is 5.75 Å². The van der Waals surface area contributed by atoms with E-state index in [4.69, 9.17) is 0 Å². The number of carbonyl (C=O) groups is 1. The number of fused-ring (bicyclic) bond motifs is 1. The van der Waals surface area contributed by atoms with Gasteiger partial charge in [-0.1, -0.05) is 37.3 Å². The Labute approximate surface area is 149 Å². The average molecular weight is 338 g/mol. The molecule has 4 nitrogen and oxygen atoms in total. The number of aryl methyl sites for hydroxylation is 1. The van der Waals surface area contributed by atoms with Gasteiger partial charge in [-0.3, -0.25) is 9.69 Å². The first-order chi connectivity index (χ1) is 12.2. The molecule has 0 radical (unpaired) electrons. The van der Waals surface area contributed by atoms with Crippen LogP contribution in [0, 0.1) is 0 Å². The van der Waals surface area contributed by atoms with E-state index < -0.39 is 0 Å². The minimum atomic E-state index is -0.197. The van der Waals surface area contributed by atoms with Crippen molar-refractivity contribution >= 4 is 5.91 Å². The maximum Gasteiger partial charge on any atom is 0.255 e. The Morgan fingerprint density at radius 2 is 2.00 bits per heavy atom. The van der Waals surface area contributed by atoms with Crippen LogP contribution in [0.15, 0.2) is 42.5 Å². The van der Waals surface area contributed by atoms with Crippen LogP contribution >= 0.6 is 0 Å². The van der Waals surface area contributed by atoms with Crippen molar-refractivity contribution in [1.29, 1.82) is 0 Å². The third-order valence-electron chi connectivity index (χ3n) is 4.86. The summed E-state index contributed by atoms with van der Waals surface area (Å²) in [7, 11) is 0. The molecule has 1 amide bonds. The number of rotatable bonds is 6. The van der Waals surface area contributed by atoms with Gasteiger partial charge in [0.15, 0.2) is 0 Å². The van der Waals surface area contributed by atoms with Crippen LogP contribution in [0.1, 0.15) is 40.4 Å². The van der Waals surface area contributed by atoms with Gasteiger partial charge in [0, 0.05) is 26.2 Å². The third-order valence-corrected chi connectivity index (χ3v) is 4.86. The highest BCUT2D eigenvalue weighted by molar-refractivity contribution is 5.96. The van der Waals surface area contributed by atoms with E-state index in [0.29, 0.717) is 12.1 Å². The molecule has 0 saturated carbocycles. The predicted molar refractivity (Wildman–Crippen MR) is 99.9 cm³/mol. The summed E-state index contributed by atoms with van der Waals surface area (Å²) in [6.07, 6.45) is 2.85. The van der Waals surface area contributed by atoms with E-state index in [1.165, 1.54) is 11.1 Å². The molecule has 1 heterocycles. The Morgan fingerprint density at radius 3 is 2.80 bits per heavy atom. The summed E-state index contributed by atoms with van der Waals surface area (Å²) in [4.78, 5) is 14.7. The Bertz CT molecular complexity index is 742. The molecule has 0 unspecified atom stereocenters. The molecule has 2 aromatic rings. The van der Waals surface area contributed by atoms with Crippen molar-refractivity contribution in [2.45, 2.75) is 32.7 Å². The van der Waals surface area contributed by atoms with E-state index in [0.717, 1.165) is 44.5 Å². The Balaban J connectivity index is 1.45. The van der Waals surface area contributed by atoms with E-state index in [1.54, 1.807) is 12.1 Å². The highest BCUT2D eigenvalue weighted by Gasteiger charge is 2.15. The van der Waals surface area contributed by atoms with Gasteiger partial charge in [-0.25, -0.2) is 0 Å². The number of nitrogens with zero attached hydrogens (tertiary/aromatic N) is 1. The summed E-state index contributed by atoms with van der Waals surface area (Å²) in [5.74, 6) is -0.154. The van der Waals surface area contributed by atoms with Gasteiger partial charge in [0.2, 0.25) is 0 Å². The lowest BCUT2D eigenvalue weighted by Crippen LogP contribution is -2.33. The fourth-order valence-corrected chi connectivity index (χ4v) is 3.33. The highest BCUT2D eigenvalue weighted by Crippen LogP contribution is 2.19. The Morgan fingerprint density at radius 1 is 1.20 bits per heavy atom. The topological polar surface area (TPSA) is 52.6 Å². The van der Waals surface area contributed by atoms with Crippen LogP contribution in [-0.4, -0.2) is 35.5 Å². The Kier molecular flexibility index (Phi) is 5.71. The number of aromatic hydroxyl groups is 1. The molecule has 0 saturated heterocycles. The molecule has 25 heavy (non-hydrogen) atoms. The lowest BCUT2D eigenvalue weighted by atomic mass is 10.00. The second kappa shape index (κ2) is 8.17. The van der Waals surface area contributed by atoms with Crippen LogP contribution in [-0.2, 0) is 19.4 Å². The number of carbonyl (C=O) groups excluding carboxylic acids is 1. The maximum atomic E-state index is 12.3. The lowest BCUT2D eigenvalue weighted by Gasteiger charge is -2.28. The fourth-order valence-electron chi connectivity index (χ4n) is 3.33. The van der Waals surface area contributed by atoms with Gasteiger partial charge in [0.05, 0.1) is 5.56 Å². The molecule has 0 atom stereocenters. The third kappa shape index (κ3) is 4.40. The van der Waals surface area contributed by atoms with E-state index in [2.05, 4.69) is 34.5 Å². The van der Waals surface area contributed by atoms with Gasteiger partial charge in [-0.15, -0.1) is 0 Å². The highest BCUT2D eigenvalue weighted by atomic mass is 16.3.